The number of pyridine rings is 1. The zero-order chi connectivity index (χ0) is 25.9. The van der Waals surface area contributed by atoms with Crippen LogP contribution in [0.5, 0.6) is 11.5 Å². The van der Waals surface area contributed by atoms with Gasteiger partial charge in [-0.15, -0.1) is 0 Å². The second-order valence-electron chi connectivity index (χ2n) is 8.22. The first-order valence-corrected chi connectivity index (χ1v) is 11.5. The Morgan fingerprint density at radius 2 is 1.11 bits per heavy atom. The molecule has 0 fully saturated rings. The SMILES string of the molecule is C=CCOc1ccc(CN(C)C(=O)c2cccc(C(=O)N(C)Cc3ccc(OCC=C)cc3)n2)cc1. The number of carbonyl (C=O) groups excluding carboxylic acids is 2. The monoisotopic (exact) mass is 485 g/mol. The van der Waals surface area contributed by atoms with Gasteiger partial charge in [-0.2, -0.15) is 0 Å². The Kier molecular flexibility index (Phi) is 9.40. The van der Waals surface area contributed by atoms with Gasteiger partial charge in [0.15, 0.2) is 0 Å². The lowest BCUT2D eigenvalue weighted by atomic mass is 10.2. The number of carbonyl (C=O) groups is 2. The van der Waals surface area contributed by atoms with Crippen molar-refractivity contribution < 1.29 is 19.1 Å². The van der Waals surface area contributed by atoms with E-state index in [1.807, 2.05) is 48.5 Å². The van der Waals surface area contributed by atoms with Crippen molar-refractivity contribution in [2.24, 2.45) is 0 Å². The number of hydrogen-bond donors (Lipinski definition) is 0. The minimum Gasteiger partial charge on any atom is -0.490 e. The Morgan fingerprint density at radius 1 is 0.722 bits per heavy atom. The average Bonchev–Trinajstić information content (AvgIpc) is 2.91. The van der Waals surface area contributed by atoms with Crippen LogP contribution in [0.2, 0.25) is 0 Å². The summed E-state index contributed by atoms with van der Waals surface area (Å²) in [6.45, 7) is 8.93. The molecule has 0 N–H and O–H groups in total. The third-order valence-corrected chi connectivity index (χ3v) is 5.30. The van der Waals surface area contributed by atoms with Gasteiger partial charge in [0.25, 0.3) is 11.8 Å². The normalized spacial score (nSPS) is 10.3. The zero-order valence-corrected chi connectivity index (χ0v) is 20.7. The fourth-order valence-corrected chi connectivity index (χ4v) is 3.45. The molecule has 3 aromatic rings. The molecule has 0 bridgehead atoms. The number of nitrogens with zero attached hydrogens (tertiary/aromatic N) is 3. The number of hydrogen-bond acceptors (Lipinski definition) is 5. The van der Waals surface area contributed by atoms with Gasteiger partial charge in [0.1, 0.15) is 36.1 Å². The van der Waals surface area contributed by atoms with Gasteiger partial charge in [-0.1, -0.05) is 55.6 Å². The van der Waals surface area contributed by atoms with E-state index < -0.39 is 0 Å². The summed E-state index contributed by atoms with van der Waals surface area (Å²) in [4.78, 5) is 33.5. The van der Waals surface area contributed by atoms with Crippen LogP contribution in [0.25, 0.3) is 0 Å². The second-order valence-corrected chi connectivity index (χ2v) is 8.22. The van der Waals surface area contributed by atoms with Gasteiger partial charge in [-0.3, -0.25) is 9.59 Å². The van der Waals surface area contributed by atoms with E-state index in [-0.39, 0.29) is 23.2 Å². The van der Waals surface area contributed by atoms with Crippen LogP contribution in [0.15, 0.2) is 92.0 Å². The van der Waals surface area contributed by atoms with E-state index in [2.05, 4.69) is 18.1 Å². The van der Waals surface area contributed by atoms with Crippen LogP contribution < -0.4 is 9.47 Å². The molecular weight excluding hydrogens is 454 g/mol. The zero-order valence-electron chi connectivity index (χ0n) is 20.7. The molecule has 0 aliphatic heterocycles. The summed E-state index contributed by atoms with van der Waals surface area (Å²) >= 11 is 0. The molecule has 0 aliphatic carbocycles. The standard InChI is InChI=1S/C29H31N3O4/c1-5-18-35-24-14-10-22(11-15-24)20-31(3)28(33)26-8-7-9-27(30-26)29(34)32(4)21-23-12-16-25(17-13-23)36-19-6-2/h5-17H,1-2,18-21H2,3-4H3. The van der Waals surface area contributed by atoms with Gasteiger partial charge in [0, 0.05) is 27.2 Å². The van der Waals surface area contributed by atoms with Gasteiger partial charge in [0.2, 0.25) is 0 Å². The highest BCUT2D eigenvalue weighted by Gasteiger charge is 2.18. The number of rotatable bonds is 12. The first-order valence-electron chi connectivity index (χ1n) is 11.5. The van der Waals surface area contributed by atoms with E-state index in [0.29, 0.717) is 26.3 Å². The topological polar surface area (TPSA) is 72.0 Å². The number of amides is 2. The molecule has 1 aromatic heterocycles. The summed E-state index contributed by atoms with van der Waals surface area (Å²) < 4.78 is 11.0. The van der Waals surface area contributed by atoms with E-state index in [0.717, 1.165) is 22.6 Å². The molecule has 0 atom stereocenters. The number of aromatic nitrogens is 1. The highest BCUT2D eigenvalue weighted by atomic mass is 16.5. The van der Waals surface area contributed by atoms with Crippen LogP contribution in [0.1, 0.15) is 32.1 Å². The molecule has 0 saturated carbocycles. The molecule has 2 amide bonds. The van der Waals surface area contributed by atoms with Crippen molar-refractivity contribution >= 4 is 11.8 Å². The molecule has 3 rings (SSSR count). The van der Waals surface area contributed by atoms with Crippen molar-refractivity contribution in [2.45, 2.75) is 13.1 Å². The third-order valence-electron chi connectivity index (χ3n) is 5.30. The second kappa shape index (κ2) is 12.9. The van der Waals surface area contributed by atoms with Gasteiger partial charge < -0.3 is 19.3 Å². The largest absolute Gasteiger partial charge is 0.490 e. The summed E-state index contributed by atoms with van der Waals surface area (Å²) in [5.41, 5.74) is 2.33. The molecule has 2 aromatic carbocycles. The Hall–Kier alpha value is -4.39. The Balaban J connectivity index is 1.61. The van der Waals surface area contributed by atoms with Crippen molar-refractivity contribution in [1.82, 2.24) is 14.8 Å². The summed E-state index contributed by atoms with van der Waals surface area (Å²) in [5, 5.41) is 0. The maximum absolute atomic E-state index is 13.0. The maximum Gasteiger partial charge on any atom is 0.272 e. The highest BCUT2D eigenvalue weighted by molar-refractivity contribution is 5.96. The molecule has 0 spiro atoms. The van der Waals surface area contributed by atoms with E-state index in [1.165, 1.54) is 0 Å². The van der Waals surface area contributed by atoms with Crippen molar-refractivity contribution in [1.29, 1.82) is 0 Å². The van der Waals surface area contributed by atoms with Crippen molar-refractivity contribution in [2.75, 3.05) is 27.3 Å². The van der Waals surface area contributed by atoms with Crippen molar-refractivity contribution in [3.8, 4) is 11.5 Å². The molecule has 0 radical (unpaired) electrons. The molecule has 7 nitrogen and oxygen atoms in total. The van der Waals surface area contributed by atoms with Gasteiger partial charge in [0.05, 0.1) is 0 Å². The van der Waals surface area contributed by atoms with Crippen LogP contribution in [-0.2, 0) is 13.1 Å². The number of ether oxygens (including phenoxy) is 2. The van der Waals surface area contributed by atoms with Crippen LogP contribution >= 0.6 is 0 Å². The third kappa shape index (κ3) is 7.30. The van der Waals surface area contributed by atoms with E-state index in [1.54, 1.807) is 54.2 Å². The molecule has 36 heavy (non-hydrogen) atoms. The molecule has 7 heteroatoms. The Morgan fingerprint density at radius 3 is 1.47 bits per heavy atom. The first-order chi connectivity index (χ1) is 17.4. The quantitative estimate of drug-likeness (QED) is 0.346. The average molecular weight is 486 g/mol. The lowest BCUT2D eigenvalue weighted by Gasteiger charge is -2.19. The minimum absolute atomic E-state index is 0.214. The van der Waals surface area contributed by atoms with E-state index in [4.69, 9.17) is 9.47 Å². The Bertz CT molecular complexity index is 1100. The van der Waals surface area contributed by atoms with Crippen LogP contribution in [0, 0.1) is 0 Å². The number of benzene rings is 2. The maximum atomic E-state index is 13.0. The summed E-state index contributed by atoms with van der Waals surface area (Å²) in [7, 11) is 3.41. The first kappa shape index (κ1) is 26.2. The predicted octanol–water partition coefficient (Wildman–Crippen LogP) is 4.76. The predicted molar refractivity (Wildman–Crippen MR) is 140 cm³/mol. The lowest BCUT2D eigenvalue weighted by molar-refractivity contribution is 0.0771. The fraction of sp³-hybridized carbons (Fsp3) is 0.207. The summed E-state index contributed by atoms with van der Waals surface area (Å²) in [5.74, 6) is 0.937. The lowest BCUT2D eigenvalue weighted by Crippen LogP contribution is -2.30. The summed E-state index contributed by atoms with van der Waals surface area (Å²) in [6.07, 6.45) is 3.37. The van der Waals surface area contributed by atoms with Gasteiger partial charge >= 0.3 is 0 Å². The molecular formula is C29H31N3O4. The molecule has 186 valence electrons. The van der Waals surface area contributed by atoms with Crippen LogP contribution in [0.3, 0.4) is 0 Å². The van der Waals surface area contributed by atoms with Crippen molar-refractivity contribution in [3.05, 3.63) is 115 Å². The highest BCUT2D eigenvalue weighted by Crippen LogP contribution is 2.16. The van der Waals surface area contributed by atoms with Gasteiger partial charge in [-0.05, 0) is 47.5 Å². The Labute approximate surface area is 212 Å². The molecule has 0 unspecified atom stereocenters. The fourth-order valence-electron chi connectivity index (χ4n) is 3.45. The van der Waals surface area contributed by atoms with Crippen LogP contribution in [0.4, 0.5) is 0 Å². The van der Waals surface area contributed by atoms with Gasteiger partial charge in [-0.25, -0.2) is 4.98 Å². The van der Waals surface area contributed by atoms with E-state index >= 15 is 0 Å². The summed E-state index contributed by atoms with van der Waals surface area (Å²) in [6, 6.07) is 19.9. The van der Waals surface area contributed by atoms with Crippen LogP contribution in [-0.4, -0.2) is 53.9 Å². The molecule has 1 heterocycles. The van der Waals surface area contributed by atoms with Crippen molar-refractivity contribution in [3.63, 3.8) is 0 Å². The molecule has 0 saturated heterocycles. The molecule has 0 aliphatic rings. The smallest absolute Gasteiger partial charge is 0.272 e. The van der Waals surface area contributed by atoms with E-state index in [9.17, 15) is 9.59 Å². The minimum atomic E-state index is -0.269.